The fraction of sp³-hybridized carbons (Fsp3) is 0.600. The highest BCUT2D eigenvalue weighted by atomic mass is 35.5. The van der Waals surface area contributed by atoms with Gasteiger partial charge in [-0.3, -0.25) is 9.69 Å². The molecule has 0 bridgehead atoms. The van der Waals surface area contributed by atoms with Crippen molar-refractivity contribution in [2.24, 2.45) is 5.41 Å². The first kappa shape index (κ1) is 22.0. The van der Waals surface area contributed by atoms with E-state index in [1.807, 2.05) is 32.9 Å². The van der Waals surface area contributed by atoms with Crippen LogP contribution in [0.25, 0.3) is 0 Å². The summed E-state index contributed by atoms with van der Waals surface area (Å²) in [5, 5.41) is 14.1. The normalized spacial score (nSPS) is 23.3. The SMILES string of the molecule is CC(C)(C)[C@]1(C(=O)N2CCN(c3ccc(Cl)c(Cl)c3)CC2)CNCCN1C(=O)O. The van der Waals surface area contributed by atoms with E-state index in [9.17, 15) is 14.7 Å². The van der Waals surface area contributed by atoms with Gasteiger partial charge in [0.25, 0.3) is 5.91 Å². The number of hydrogen-bond donors (Lipinski definition) is 2. The van der Waals surface area contributed by atoms with Crippen LogP contribution < -0.4 is 10.2 Å². The van der Waals surface area contributed by atoms with E-state index in [1.165, 1.54) is 4.90 Å². The number of hydrogen-bond acceptors (Lipinski definition) is 4. The molecular weight excluding hydrogens is 415 g/mol. The Kier molecular flexibility index (Phi) is 6.22. The Morgan fingerprint density at radius 3 is 2.28 bits per heavy atom. The zero-order valence-corrected chi connectivity index (χ0v) is 18.6. The molecule has 2 aliphatic rings. The highest BCUT2D eigenvalue weighted by Gasteiger charge is 2.57. The van der Waals surface area contributed by atoms with Gasteiger partial charge in [-0.05, 0) is 23.6 Å². The van der Waals surface area contributed by atoms with Crippen LogP contribution in [0.5, 0.6) is 0 Å². The molecule has 7 nitrogen and oxygen atoms in total. The number of halogens is 2. The molecule has 3 rings (SSSR count). The summed E-state index contributed by atoms with van der Waals surface area (Å²) in [6, 6.07) is 5.51. The number of piperazine rings is 2. The number of rotatable bonds is 2. The second-order valence-electron chi connectivity index (χ2n) is 8.60. The first-order chi connectivity index (χ1) is 13.6. The van der Waals surface area contributed by atoms with Crippen molar-refractivity contribution in [1.82, 2.24) is 15.1 Å². The predicted octanol–water partition coefficient (Wildman–Crippen LogP) is 3.01. The molecular formula is C20H28Cl2N4O3. The third kappa shape index (κ3) is 4.00. The average molecular weight is 443 g/mol. The van der Waals surface area contributed by atoms with E-state index in [0.29, 0.717) is 55.9 Å². The Labute approximate surface area is 181 Å². The molecule has 2 saturated heterocycles. The van der Waals surface area contributed by atoms with Crippen molar-refractivity contribution >= 4 is 40.9 Å². The number of carboxylic acid groups (broad SMARTS) is 1. The van der Waals surface area contributed by atoms with E-state index in [4.69, 9.17) is 23.2 Å². The number of carbonyl (C=O) groups is 2. The number of nitrogens with one attached hydrogen (secondary N) is 1. The van der Waals surface area contributed by atoms with Crippen LogP contribution >= 0.6 is 23.2 Å². The van der Waals surface area contributed by atoms with Crippen LogP contribution in [0.4, 0.5) is 10.5 Å². The Morgan fingerprint density at radius 2 is 1.72 bits per heavy atom. The van der Waals surface area contributed by atoms with Crippen molar-refractivity contribution in [2.45, 2.75) is 26.3 Å². The minimum Gasteiger partial charge on any atom is -0.465 e. The first-order valence-electron chi connectivity index (χ1n) is 9.78. The molecule has 160 valence electrons. The van der Waals surface area contributed by atoms with E-state index >= 15 is 0 Å². The summed E-state index contributed by atoms with van der Waals surface area (Å²) in [5.74, 6) is -0.131. The van der Waals surface area contributed by atoms with Gasteiger partial charge in [0.15, 0.2) is 0 Å². The molecule has 0 saturated carbocycles. The molecule has 2 N–H and O–H groups in total. The van der Waals surface area contributed by atoms with Gasteiger partial charge in [0.2, 0.25) is 0 Å². The number of amides is 2. The molecule has 1 atom stereocenters. The van der Waals surface area contributed by atoms with Gasteiger partial charge < -0.3 is 20.2 Å². The molecule has 0 aromatic heterocycles. The maximum Gasteiger partial charge on any atom is 0.408 e. The fourth-order valence-corrected chi connectivity index (χ4v) is 4.59. The summed E-state index contributed by atoms with van der Waals surface area (Å²) < 4.78 is 0. The van der Waals surface area contributed by atoms with E-state index < -0.39 is 17.0 Å². The molecule has 0 unspecified atom stereocenters. The summed E-state index contributed by atoms with van der Waals surface area (Å²) in [7, 11) is 0. The van der Waals surface area contributed by atoms with Gasteiger partial charge in [-0.25, -0.2) is 4.79 Å². The van der Waals surface area contributed by atoms with Crippen LogP contribution in [-0.2, 0) is 4.79 Å². The Balaban J connectivity index is 1.80. The zero-order chi connectivity index (χ0) is 21.4. The smallest absolute Gasteiger partial charge is 0.408 e. The van der Waals surface area contributed by atoms with Crippen LogP contribution in [0, 0.1) is 5.41 Å². The lowest BCUT2D eigenvalue weighted by Crippen LogP contribution is -2.75. The molecule has 9 heteroatoms. The average Bonchev–Trinajstić information content (AvgIpc) is 2.68. The maximum absolute atomic E-state index is 13.7. The Morgan fingerprint density at radius 1 is 1.07 bits per heavy atom. The topological polar surface area (TPSA) is 76.1 Å². The molecule has 1 aromatic carbocycles. The van der Waals surface area contributed by atoms with Crippen LogP contribution in [0.3, 0.4) is 0 Å². The molecule has 2 amide bonds. The van der Waals surface area contributed by atoms with Crippen molar-refractivity contribution in [3.8, 4) is 0 Å². The van der Waals surface area contributed by atoms with Crippen molar-refractivity contribution < 1.29 is 14.7 Å². The summed E-state index contributed by atoms with van der Waals surface area (Å²) in [6.45, 7) is 9.27. The highest BCUT2D eigenvalue weighted by Crippen LogP contribution is 2.39. The summed E-state index contributed by atoms with van der Waals surface area (Å²) in [4.78, 5) is 31.0. The highest BCUT2D eigenvalue weighted by molar-refractivity contribution is 6.42. The molecule has 2 aliphatic heterocycles. The first-order valence-corrected chi connectivity index (χ1v) is 10.5. The minimum atomic E-state index is -1.14. The van der Waals surface area contributed by atoms with Crippen LogP contribution in [-0.4, -0.2) is 78.3 Å². The van der Waals surface area contributed by atoms with Gasteiger partial charge in [0.1, 0.15) is 5.54 Å². The molecule has 0 spiro atoms. The molecule has 2 fully saturated rings. The summed E-state index contributed by atoms with van der Waals surface area (Å²) >= 11 is 12.1. The van der Waals surface area contributed by atoms with E-state index in [-0.39, 0.29) is 5.91 Å². The third-order valence-corrected chi connectivity index (χ3v) is 6.75. The Bertz CT molecular complexity index is 790. The lowest BCUT2D eigenvalue weighted by Gasteiger charge is -2.54. The van der Waals surface area contributed by atoms with Crippen molar-refractivity contribution in [3.05, 3.63) is 28.2 Å². The molecule has 2 heterocycles. The monoisotopic (exact) mass is 442 g/mol. The lowest BCUT2D eigenvalue weighted by molar-refractivity contribution is -0.153. The number of anilines is 1. The van der Waals surface area contributed by atoms with Gasteiger partial charge in [0.05, 0.1) is 10.0 Å². The van der Waals surface area contributed by atoms with Gasteiger partial charge in [-0.2, -0.15) is 0 Å². The summed E-state index contributed by atoms with van der Waals surface area (Å²) in [6.07, 6.45) is -1.05. The molecule has 0 radical (unpaired) electrons. The number of nitrogens with zero attached hydrogens (tertiary/aromatic N) is 3. The molecule has 0 aliphatic carbocycles. The van der Waals surface area contributed by atoms with Gasteiger partial charge in [-0.15, -0.1) is 0 Å². The van der Waals surface area contributed by atoms with Crippen LogP contribution in [0.15, 0.2) is 18.2 Å². The standard InChI is InChI=1S/C20H28Cl2N4O3/c1-19(2,3)20(13-23-6-7-26(20)18(28)29)17(27)25-10-8-24(9-11-25)14-4-5-15(21)16(22)12-14/h4-5,12,23H,6-11,13H2,1-3H3,(H,28,29)/t20-/m1/s1. The van der Waals surface area contributed by atoms with E-state index in [2.05, 4.69) is 10.2 Å². The minimum absolute atomic E-state index is 0.131. The molecule has 1 aromatic rings. The summed E-state index contributed by atoms with van der Waals surface area (Å²) in [5.41, 5.74) is -0.733. The second-order valence-corrected chi connectivity index (χ2v) is 9.41. The van der Waals surface area contributed by atoms with Gasteiger partial charge in [0, 0.05) is 51.5 Å². The second kappa shape index (κ2) is 8.20. The quantitative estimate of drug-likeness (QED) is 0.735. The van der Waals surface area contributed by atoms with Crippen molar-refractivity contribution in [3.63, 3.8) is 0 Å². The number of benzene rings is 1. The largest absolute Gasteiger partial charge is 0.465 e. The fourth-order valence-electron chi connectivity index (χ4n) is 4.30. The van der Waals surface area contributed by atoms with Gasteiger partial charge in [-0.1, -0.05) is 44.0 Å². The van der Waals surface area contributed by atoms with E-state index in [1.54, 1.807) is 11.0 Å². The lowest BCUT2D eigenvalue weighted by atomic mass is 9.70. The molecule has 29 heavy (non-hydrogen) atoms. The van der Waals surface area contributed by atoms with Crippen molar-refractivity contribution in [2.75, 3.05) is 50.7 Å². The predicted molar refractivity (Wildman–Crippen MR) is 115 cm³/mol. The third-order valence-electron chi connectivity index (χ3n) is 6.01. The van der Waals surface area contributed by atoms with Crippen LogP contribution in [0.2, 0.25) is 10.0 Å². The van der Waals surface area contributed by atoms with Gasteiger partial charge >= 0.3 is 6.09 Å². The number of carbonyl (C=O) groups excluding carboxylic acids is 1. The van der Waals surface area contributed by atoms with Crippen molar-refractivity contribution in [1.29, 1.82) is 0 Å². The maximum atomic E-state index is 13.7. The van der Waals surface area contributed by atoms with E-state index in [0.717, 1.165) is 5.69 Å². The van der Waals surface area contributed by atoms with Crippen LogP contribution in [0.1, 0.15) is 20.8 Å². The Hall–Kier alpha value is -1.70. The zero-order valence-electron chi connectivity index (χ0n) is 17.0.